The molecule has 0 radical (unpaired) electrons. The maximum atomic E-state index is 11.1. The van der Waals surface area contributed by atoms with Gasteiger partial charge < -0.3 is 9.84 Å². The number of hydrogen-bond donors (Lipinski definition) is 1. The maximum Gasteiger partial charge on any atom is 0.328 e. The number of rotatable bonds is 5. The summed E-state index contributed by atoms with van der Waals surface area (Å²) < 4.78 is 5.12. The number of aryl methyl sites for hydroxylation is 2. The Balaban J connectivity index is 2.22. The molecule has 2 heterocycles. The van der Waals surface area contributed by atoms with Crippen LogP contribution in [0.5, 0.6) is 0 Å². The molecule has 0 saturated carbocycles. The largest absolute Gasteiger partial charge is 0.364 e. The predicted molar refractivity (Wildman–Crippen MR) is 78.5 cm³/mol. The first-order valence-electron chi connectivity index (χ1n) is 6.65. The van der Waals surface area contributed by atoms with E-state index in [0.29, 0.717) is 6.54 Å². The first-order valence-corrected chi connectivity index (χ1v) is 6.65. The molecular formula is C14H15N5O3. The average Bonchev–Trinajstić information content (AvgIpc) is 2.83. The highest BCUT2D eigenvalue weighted by Gasteiger charge is 2.22. The smallest absolute Gasteiger partial charge is 0.328 e. The van der Waals surface area contributed by atoms with E-state index in [0.717, 1.165) is 17.0 Å². The minimum absolute atomic E-state index is 0.0208. The molecule has 0 amide bonds. The number of nitro groups is 1. The van der Waals surface area contributed by atoms with Crippen LogP contribution in [0.25, 0.3) is 0 Å². The molecule has 0 unspecified atom stereocenters. The van der Waals surface area contributed by atoms with Gasteiger partial charge in [0.1, 0.15) is 17.4 Å². The number of nitrogens with one attached hydrogen (secondary N) is 1. The number of pyridine rings is 1. The van der Waals surface area contributed by atoms with E-state index in [-0.39, 0.29) is 23.0 Å². The molecule has 0 aliphatic heterocycles. The van der Waals surface area contributed by atoms with Crippen LogP contribution in [0.4, 0.5) is 11.5 Å². The lowest BCUT2D eigenvalue weighted by Gasteiger charge is -2.13. The SMILES string of the molecule is Cc1noc(C)c1[C@H](C)CNc1nccc(C#N)c1[N+](=O)[O-]. The Hall–Kier alpha value is -2.95. The van der Waals surface area contributed by atoms with E-state index in [1.807, 2.05) is 20.8 Å². The zero-order valence-electron chi connectivity index (χ0n) is 12.5. The highest BCUT2D eigenvalue weighted by atomic mass is 16.6. The lowest BCUT2D eigenvalue weighted by atomic mass is 9.99. The summed E-state index contributed by atoms with van der Waals surface area (Å²) in [6.45, 7) is 6.04. The number of anilines is 1. The van der Waals surface area contributed by atoms with E-state index in [2.05, 4.69) is 15.5 Å². The van der Waals surface area contributed by atoms with Crippen molar-refractivity contribution in [3.05, 3.63) is 45.0 Å². The zero-order chi connectivity index (χ0) is 16.3. The van der Waals surface area contributed by atoms with Crippen LogP contribution < -0.4 is 5.32 Å². The van der Waals surface area contributed by atoms with Crippen LogP contribution in [-0.4, -0.2) is 21.6 Å². The van der Waals surface area contributed by atoms with Crippen LogP contribution in [0.3, 0.4) is 0 Å². The molecule has 0 bridgehead atoms. The second kappa shape index (κ2) is 6.22. The van der Waals surface area contributed by atoms with Gasteiger partial charge in [-0.15, -0.1) is 0 Å². The van der Waals surface area contributed by atoms with Crippen molar-refractivity contribution in [2.75, 3.05) is 11.9 Å². The van der Waals surface area contributed by atoms with Crippen molar-refractivity contribution in [1.82, 2.24) is 10.1 Å². The van der Waals surface area contributed by atoms with Gasteiger partial charge in [-0.25, -0.2) is 4.98 Å². The van der Waals surface area contributed by atoms with Crippen molar-refractivity contribution < 1.29 is 9.45 Å². The van der Waals surface area contributed by atoms with Crippen molar-refractivity contribution in [2.45, 2.75) is 26.7 Å². The van der Waals surface area contributed by atoms with Gasteiger partial charge in [0.05, 0.1) is 10.6 Å². The number of nitriles is 1. The Labute approximate surface area is 126 Å². The third-order valence-corrected chi connectivity index (χ3v) is 3.38. The van der Waals surface area contributed by atoms with Crippen LogP contribution >= 0.6 is 0 Å². The lowest BCUT2D eigenvalue weighted by molar-refractivity contribution is -0.384. The topological polar surface area (TPSA) is 118 Å². The third-order valence-electron chi connectivity index (χ3n) is 3.38. The number of hydrogen-bond acceptors (Lipinski definition) is 7. The molecule has 0 aliphatic carbocycles. The van der Waals surface area contributed by atoms with Crippen LogP contribution in [0, 0.1) is 35.3 Å². The highest BCUT2D eigenvalue weighted by molar-refractivity contribution is 5.64. The molecule has 0 spiro atoms. The van der Waals surface area contributed by atoms with E-state index in [1.54, 1.807) is 6.07 Å². The summed E-state index contributed by atoms with van der Waals surface area (Å²) in [7, 11) is 0. The molecule has 0 aliphatic rings. The molecule has 2 aromatic rings. The Morgan fingerprint density at radius 2 is 2.27 bits per heavy atom. The van der Waals surface area contributed by atoms with Gasteiger partial charge in [-0.2, -0.15) is 5.26 Å². The number of nitrogens with zero attached hydrogens (tertiary/aromatic N) is 4. The maximum absolute atomic E-state index is 11.1. The Morgan fingerprint density at radius 3 is 2.82 bits per heavy atom. The van der Waals surface area contributed by atoms with E-state index in [1.165, 1.54) is 12.3 Å². The molecule has 114 valence electrons. The van der Waals surface area contributed by atoms with Gasteiger partial charge in [-0.1, -0.05) is 12.1 Å². The van der Waals surface area contributed by atoms with Crippen LogP contribution in [0.15, 0.2) is 16.8 Å². The van der Waals surface area contributed by atoms with Crippen LogP contribution in [-0.2, 0) is 0 Å². The molecule has 2 rings (SSSR count). The fourth-order valence-corrected chi connectivity index (χ4v) is 2.40. The van der Waals surface area contributed by atoms with Gasteiger partial charge >= 0.3 is 5.69 Å². The van der Waals surface area contributed by atoms with Crippen LogP contribution in [0.1, 0.15) is 35.4 Å². The molecule has 8 heteroatoms. The first kappa shape index (κ1) is 15.4. The van der Waals surface area contributed by atoms with Gasteiger partial charge in [0, 0.05) is 24.2 Å². The average molecular weight is 301 g/mol. The van der Waals surface area contributed by atoms with E-state index in [9.17, 15) is 10.1 Å². The quantitative estimate of drug-likeness (QED) is 0.666. The molecule has 22 heavy (non-hydrogen) atoms. The van der Waals surface area contributed by atoms with Crippen molar-refractivity contribution >= 4 is 11.5 Å². The minimum atomic E-state index is -0.603. The molecule has 1 atom stereocenters. The fraction of sp³-hybridized carbons (Fsp3) is 0.357. The van der Waals surface area contributed by atoms with Gasteiger partial charge in [-0.3, -0.25) is 10.1 Å². The van der Waals surface area contributed by atoms with Crippen LogP contribution in [0.2, 0.25) is 0 Å². The highest BCUT2D eigenvalue weighted by Crippen LogP contribution is 2.28. The second-order valence-corrected chi connectivity index (χ2v) is 4.94. The first-order chi connectivity index (χ1) is 10.5. The molecular weight excluding hydrogens is 286 g/mol. The summed E-state index contributed by atoms with van der Waals surface area (Å²) >= 11 is 0. The summed E-state index contributed by atoms with van der Waals surface area (Å²) in [6.07, 6.45) is 1.37. The van der Waals surface area contributed by atoms with E-state index >= 15 is 0 Å². The lowest BCUT2D eigenvalue weighted by Crippen LogP contribution is -2.13. The Bertz CT molecular complexity index is 728. The molecule has 2 aromatic heterocycles. The zero-order valence-corrected chi connectivity index (χ0v) is 12.5. The van der Waals surface area contributed by atoms with Crippen molar-refractivity contribution in [1.29, 1.82) is 5.26 Å². The van der Waals surface area contributed by atoms with Gasteiger partial charge in [-0.05, 0) is 19.9 Å². The van der Waals surface area contributed by atoms with Gasteiger partial charge in [0.15, 0.2) is 0 Å². The molecule has 8 nitrogen and oxygen atoms in total. The summed E-state index contributed by atoms with van der Waals surface area (Å²) in [5.41, 5.74) is 1.43. The predicted octanol–water partition coefficient (Wildman–Crippen LogP) is 2.68. The van der Waals surface area contributed by atoms with Crippen molar-refractivity contribution in [3.63, 3.8) is 0 Å². The Kier molecular flexibility index (Phi) is 4.36. The van der Waals surface area contributed by atoms with Crippen molar-refractivity contribution in [3.8, 4) is 6.07 Å². The molecule has 0 saturated heterocycles. The molecule has 0 fully saturated rings. The standard InChI is InChI=1S/C14H15N5O3/c1-8(12-9(2)18-22-10(12)3)7-17-14-13(19(20)21)11(6-15)4-5-16-14/h4-5,8H,7H2,1-3H3,(H,16,17)/t8-/m1/s1. The molecule has 0 aromatic carbocycles. The summed E-state index contributed by atoms with van der Waals surface area (Å²) in [5.74, 6) is 0.834. The summed E-state index contributed by atoms with van der Waals surface area (Å²) in [6, 6.07) is 3.12. The third kappa shape index (κ3) is 2.88. The van der Waals surface area contributed by atoms with Crippen molar-refractivity contribution in [2.24, 2.45) is 0 Å². The van der Waals surface area contributed by atoms with E-state index in [4.69, 9.17) is 9.78 Å². The monoisotopic (exact) mass is 301 g/mol. The normalized spacial score (nSPS) is 11.7. The fourth-order valence-electron chi connectivity index (χ4n) is 2.40. The summed E-state index contributed by atoms with van der Waals surface area (Å²) in [4.78, 5) is 14.5. The van der Waals surface area contributed by atoms with E-state index < -0.39 is 4.92 Å². The van der Waals surface area contributed by atoms with Gasteiger partial charge in [0.25, 0.3) is 0 Å². The number of aromatic nitrogens is 2. The van der Waals surface area contributed by atoms with Gasteiger partial charge in [0.2, 0.25) is 5.82 Å². The molecule has 1 N–H and O–H groups in total. The second-order valence-electron chi connectivity index (χ2n) is 4.94. The Morgan fingerprint density at radius 1 is 1.55 bits per heavy atom. The summed E-state index contributed by atoms with van der Waals surface area (Å²) in [5, 5.41) is 26.9. The minimum Gasteiger partial charge on any atom is -0.364 e.